The van der Waals surface area contributed by atoms with Gasteiger partial charge in [0, 0.05) is 0 Å². The molecule has 0 spiro atoms. The largest absolute Gasteiger partial charge is 0.741 e. The van der Waals surface area contributed by atoms with Gasteiger partial charge in [0.1, 0.15) is 12.4 Å². The first kappa shape index (κ1) is 13.9. The van der Waals surface area contributed by atoms with Crippen LogP contribution in [-0.4, -0.2) is 23.0 Å². The highest BCUT2D eigenvalue weighted by molar-refractivity contribution is 7.86. The second kappa shape index (κ2) is 4.62. The highest BCUT2D eigenvalue weighted by Crippen LogP contribution is 2.20. The minimum atomic E-state index is -6.09. The van der Waals surface area contributed by atoms with E-state index in [1.165, 1.54) is 0 Å². The van der Waals surface area contributed by atoms with E-state index in [2.05, 4.69) is 0 Å². The van der Waals surface area contributed by atoms with Crippen molar-refractivity contribution in [3.63, 3.8) is 0 Å². The summed E-state index contributed by atoms with van der Waals surface area (Å²) in [5.41, 5.74) is -5.65. The molecule has 0 aliphatic rings. The van der Waals surface area contributed by atoms with Crippen LogP contribution in [-0.2, 0) is 24.2 Å². The predicted octanol–water partition coefficient (Wildman–Crippen LogP) is -0.0990. The maximum atomic E-state index is 10.7. The molecule has 0 N–H and O–H groups in total. The van der Waals surface area contributed by atoms with Crippen molar-refractivity contribution in [3.8, 4) is 0 Å². The third kappa shape index (κ3) is 5.37. The summed E-state index contributed by atoms with van der Waals surface area (Å²) in [5, 5.41) is 0. The van der Waals surface area contributed by atoms with Crippen molar-refractivity contribution in [3.05, 3.63) is 18.7 Å². The fourth-order valence-corrected chi connectivity index (χ4v) is 0.575. The van der Waals surface area contributed by atoms with Crippen LogP contribution in [0.4, 0.5) is 13.2 Å². The summed E-state index contributed by atoms with van der Waals surface area (Å²) in [5.74, 6) is 0. The van der Waals surface area contributed by atoms with E-state index in [4.69, 9.17) is 13.0 Å². The lowest BCUT2D eigenvalue weighted by molar-refractivity contribution is -0.670. The molecule has 0 aliphatic heterocycles. The summed E-state index contributed by atoms with van der Waals surface area (Å²) < 4.78 is 62.9. The van der Waals surface area contributed by atoms with Gasteiger partial charge in [-0.05, 0) is 0 Å². The topological polar surface area (TPSA) is 66.0 Å². The molecule has 88 valence electrons. The van der Waals surface area contributed by atoms with Gasteiger partial charge >= 0.3 is 5.51 Å². The van der Waals surface area contributed by atoms with Crippen molar-refractivity contribution in [1.29, 1.82) is 0 Å². The number of alkyl halides is 3. The summed E-state index contributed by atoms with van der Waals surface area (Å²) >= 11 is 0. The van der Waals surface area contributed by atoms with Gasteiger partial charge < -0.3 is 4.55 Å². The number of rotatable bonds is 0. The number of imidazole rings is 1. The molecule has 0 atom stereocenters. The van der Waals surface area contributed by atoms with Crippen LogP contribution < -0.4 is 4.57 Å². The molecule has 0 unspecified atom stereocenters. The fourth-order valence-electron chi connectivity index (χ4n) is 0.575. The molecule has 1 aromatic rings. The van der Waals surface area contributed by atoms with Crippen LogP contribution in [0.15, 0.2) is 18.7 Å². The lowest BCUT2D eigenvalue weighted by Gasteiger charge is -2.08. The van der Waals surface area contributed by atoms with E-state index in [1.807, 2.05) is 42.0 Å². The van der Waals surface area contributed by atoms with Gasteiger partial charge in [0.15, 0.2) is 10.1 Å². The molecule has 9 heteroatoms. The molecule has 5 nitrogen and oxygen atoms in total. The van der Waals surface area contributed by atoms with E-state index in [0.717, 1.165) is 0 Å². The number of aryl methyl sites for hydroxylation is 2. The minimum absolute atomic E-state index is 2.00. The number of hydrogen-bond acceptors (Lipinski definition) is 3. The zero-order valence-electron chi connectivity index (χ0n) is 7.89. The van der Waals surface area contributed by atoms with Crippen LogP contribution in [0.25, 0.3) is 0 Å². The maximum absolute atomic E-state index is 10.7. The van der Waals surface area contributed by atoms with Crippen molar-refractivity contribution >= 4 is 10.1 Å². The van der Waals surface area contributed by atoms with E-state index in [9.17, 15) is 13.2 Å². The molecule has 1 aromatic heterocycles. The van der Waals surface area contributed by atoms with Crippen molar-refractivity contribution in [1.82, 2.24) is 4.57 Å². The van der Waals surface area contributed by atoms with Crippen LogP contribution >= 0.6 is 0 Å². The number of halogens is 3. The van der Waals surface area contributed by atoms with Crippen molar-refractivity contribution < 1.29 is 30.7 Å². The van der Waals surface area contributed by atoms with Gasteiger partial charge in [0.05, 0.1) is 14.1 Å². The first-order valence-electron chi connectivity index (χ1n) is 3.53. The molecule has 0 bridgehead atoms. The molecule has 0 radical (unpaired) electrons. The predicted molar refractivity (Wildman–Crippen MR) is 42.3 cm³/mol. The Bertz CT molecular complexity index is 393. The molecule has 0 saturated carbocycles. The van der Waals surface area contributed by atoms with Crippen LogP contribution in [0.3, 0.4) is 0 Å². The average molecular weight is 246 g/mol. The second-order valence-corrected chi connectivity index (χ2v) is 4.02. The van der Waals surface area contributed by atoms with E-state index >= 15 is 0 Å². The quantitative estimate of drug-likeness (QED) is 0.365. The van der Waals surface area contributed by atoms with Gasteiger partial charge in [-0.2, -0.15) is 13.2 Å². The molecule has 0 aliphatic carbocycles. The SMILES string of the molecule is Cn1cc[n+](C)c1.O=S(=O)([O-])C(F)(F)F. The summed E-state index contributed by atoms with van der Waals surface area (Å²) in [6.07, 6.45) is 6.00. The highest BCUT2D eigenvalue weighted by Gasteiger charge is 2.36. The second-order valence-electron chi connectivity index (χ2n) is 2.64. The Morgan fingerprint density at radius 1 is 1.40 bits per heavy atom. The molecule has 0 amide bonds. The molecule has 0 aromatic carbocycles. The molecule has 1 heterocycles. The summed E-state index contributed by atoms with van der Waals surface area (Å²) in [6.45, 7) is 0. The summed E-state index contributed by atoms with van der Waals surface area (Å²) in [6, 6.07) is 0. The van der Waals surface area contributed by atoms with Gasteiger partial charge in [0.2, 0.25) is 6.33 Å². The average Bonchev–Trinajstić information content (AvgIpc) is 2.31. The van der Waals surface area contributed by atoms with Gasteiger partial charge in [-0.1, -0.05) is 0 Å². The third-order valence-corrected chi connectivity index (χ3v) is 1.75. The zero-order chi connectivity index (χ0) is 12.3. The fraction of sp³-hybridized carbons (Fsp3) is 0.500. The smallest absolute Gasteiger partial charge is 0.485 e. The maximum Gasteiger partial charge on any atom is 0.485 e. The van der Waals surface area contributed by atoms with Crippen LogP contribution in [0.1, 0.15) is 0 Å². The molecule has 0 fully saturated rings. The molecule has 1 rings (SSSR count). The van der Waals surface area contributed by atoms with Gasteiger partial charge in [0.25, 0.3) is 0 Å². The standard InChI is InChI=1S/C5H9N2.CHF3O3S/c1-6-3-4-7(2)5-6;2-1(3,4)8(5,6)7/h3-5H,1-2H3;(H,5,6,7)/q+1;/p-1. The summed E-state index contributed by atoms with van der Waals surface area (Å²) in [4.78, 5) is 0. The Morgan fingerprint density at radius 2 is 1.80 bits per heavy atom. The van der Waals surface area contributed by atoms with E-state index < -0.39 is 15.6 Å². The lowest BCUT2D eigenvalue weighted by Crippen LogP contribution is -2.23. The van der Waals surface area contributed by atoms with Gasteiger partial charge in [-0.15, -0.1) is 0 Å². The van der Waals surface area contributed by atoms with Crippen LogP contribution in [0.5, 0.6) is 0 Å². The first-order valence-corrected chi connectivity index (χ1v) is 4.94. The molecular weight excluding hydrogens is 237 g/mol. The zero-order valence-corrected chi connectivity index (χ0v) is 8.71. The Hall–Kier alpha value is -1.09. The number of aromatic nitrogens is 2. The Morgan fingerprint density at radius 3 is 1.87 bits per heavy atom. The highest BCUT2D eigenvalue weighted by atomic mass is 32.2. The van der Waals surface area contributed by atoms with Gasteiger partial charge in [-0.25, -0.2) is 17.6 Å². The monoisotopic (exact) mass is 246 g/mol. The van der Waals surface area contributed by atoms with Crippen LogP contribution in [0.2, 0.25) is 0 Å². The Kier molecular flexibility index (Phi) is 4.28. The first-order chi connectivity index (χ1) is 6.54. The van der Waals surface area contributed by atoms with Crippen molar-refractivity contribution in [2.24, 2.45) is 14.1 Å². The third-order valence-electron chi connectivity index (χ3n) is 1.18. The Balaban J connectivity index is 0.000000262. The number of hydrogen-bond donors (Lipinski definition) is 0. The Labute approximate surface area is 84.5 Å². The van der Waals surface area contributed by atoms with E-state index in [1.54, 1.807) is 0 Å². The normalized spacial score (nSPS) is 11.9. The molecule has 15 heavy (non-hydrogen) atoms. The van der Waals surface area contributed by atoms with E-state index in [-0.39, 0.29) is 0 Å². The van der Waals surface area contributed by atoms with Crippen molar-refractivity contribution in [2.45, 2.75) is 5.51 Å². The van der Waals surface area contributed by atoms with Crippen LogP contribution in [0, 0.1) is 0 Å². The lowest BCUT2D eigenvalue weighted by atomic mass is 10.9. The van der Waals surface area contributed by atoms with Crippen molar-refractivity contribution in [2.75, 3.05) is 0 Å². The number of nitrogens with zero attached hydrogens (tertiary/aromatic N) is 2. The van der Waals surface area contributed by atoms with E-state index in [0.29, 0.717) is 0 Å². The minimum Gasteiger partial charge on any atom is -0.741 e. The van der Waals surface area contributed by atoms with Gasteiger partial charge in [-0.3, -0.25) is 0 Å². The molecule has 0 saturated heterocycles. The summed E-state index contributed by atoms with van der Waals surface area (Å²) in [7, 11) is -2.09. The molecular formula is C6H9F3N2O3S.